The number of pyridine rings is 1. The molecule has 3 N–H and O–H groups in total. The summed E-state index contributed by atoms with van der Waals surface area (Å²) in [4.78, 5) is 33.8. The number of nitrogens with zero attached hydrogens (tertiary/aromatic N) is 3. The Morgan fingerprint density at radius 3 is 2.38 bits per heavy atom. The van der Waals surface area contributed by atoms with Gasteiger partial charge in [-0.2, -0.15) is 13.2 Å². The zero-order valence-electron chi connectivity index (χ0n) is 23.6. The Labute approximate surface area is 241 Å². The number of carbonyl (C=O) groups is 2. The molecule has 1 aromatic heterocycles. The average Bonchev–Trinajstić information content (AvgIpc) is 3.54. The van der Waals surface area contributed by atoms with Gasteiger partial charge in [0.15, 0.2) is 0 Å². The first-order valence-electron chi connectivity index (χ1n) is 14.3. The van der Waals surface area contributed by atoms with Crippen molar-refractivity contribution in [3.05, 3.63) is 64.7 Å². The molecule has 2 amide bonds. The SMILES string of the molecule is CC(C)(O)c1cnc(C2(O)CCC(N3CC[C@H]4[C@@H]3CCN4C(=O)CNC(=O)c3cccc(C(F)(F)F)c3)CC2)c(F)c1. The first-order valence-corrected chi connectivity index (χ1v) is 14.3. The van der Waals surface area contributed by atoms with Crippen molar-refractivity contribution in [1.29, 1.82) is 0 Å². The summed E-state index contributed by atoms with van der Waals surface area (Å²) in [5.41, 5.74) is -3.40. The van der Waals surface area contributed by atoms with Crippen molar-refractivity contribution >= 4 is 11.8 Å². The molecule has 1 aliphatic carbocycles. The van der Waals surface area contributed by atoms with Crippen LogP contribution in [0.1, 0.15) is 79.6 Å². The number of rotatable bonds is 6. The van der Waals surface area contributed by atoms with Crippen molar-refractivity contribution in [2.45, 2.75) is 87.9 Å². The lowest BCUT2D eigenvalue weighted by molar-refractivity contribution is -0.137. The molecule has 228 valence electrons. The normalized spacial score (nSPS) is 26.8. The molecule has 8 nitrogen and oxygen atoms in total. The van der Waals surface area contributed by atoms with Gasteiger partial charge in [0.05, 0.1) is 17.7 Å². The lowest BCUT2D eigenvalue weighted by atomic mass is 9.78. The summed E-state index contributed by atoms with van der Waals surface area (Å²) in [7, 11) is 0. The zero-order valence-corrected chi connectivity index (χ0v) is 23.6. The highest BCUT2D eigenvalue weighted by Gasteiger charge is 2.48. The van der Waals surface area contributed by atoms with Crippen LogP contribution in [-0.4, -0.2) is 74.6 Å². The van der Waals surface area contributed by atoms with E-state index in [1.165, 1.54) is 18.3 Å². The van der Waals surface area contributed by atoms with Gasteiger partial charge in [0, 0.05) is 48.5 Å². The number of hydrogen-bond donors (Lipinski definition) is 3. The molecule has 1 saturated carbocycles. The first-order chi connectivity index (χ1) is 19.7. The van der Waals surface area contributed by atoms with E-state index in [1.54, 1.807) is 18.7 Å². The number of likely N-dealkylation sites (tertiary alicyclic amines) is 2. The van der Waals surface area contributed by atoms with E-state index in [0.717, 1.165) is 37.6 Å². The molecule has 2 saturated heterocycles. The van der Waals surface area contributed by atoms with E-state index in [1.807, 2.05) is 0 Å². The summed E-state index contributed by atoms with van der Waals surface area (Å²) in [6, 6.07) is 5.57. The van der Waals surface area contributed by atoms with E-state index in [9.17, 15) is 37.4 Å². The monoisotopic (exact) mass is 592 g/mol. The van der Waals surface area contributed by atoms with Crippen molar-refractivity contribution in [2.75, 3.05) is 19.6 Å². The Kier molecular flexibility index (Phi) is 8.10. The van der Waals surface area contributed by atoms with E-state index < -0.39 is 34.7 Å². The van der Waals surface area contributed by atoms with Crippen molar-refractivity contribution in [3.8, 4) is 0 Å². The van der Waals surface area contributed by atoms with Gasteiger partial charge >= 0.3 is 6.18 Å². The number of amides is 2. The van der Waals surface area contributed by atoms with Gasteiger partial charge < -0.3 is 20.4 Å². The summed E-state index contributed by atoms with van der Waals surface area (Å²) in [6.45, 7) is 4.07. The fourth-order valence-corrected chi connectivity index (χ4v) is 6.74. The van der Waals surface area contributed by atoms with Crippen LogP contribution in [0, 0.1) is 5.82 Å². The fourth-order valence-electron chi connectivity index (χ4n) is 6.74. The quantitative estimate of drug-likeness (QED) is 0.442. The maximum atomic E-state index is 14.9. The van der Waals surface area contributed by atoms with Gasteiger partial charge in [-0.15, -0.1) is 0 Å². The molecule has 3 heterocycles. The van der Waals surface area contributed by atoms with Gasteiger partial charge in [0.25, 0.3) is 5.91 Å². The second-order valence-electron chi connectivity index (χ2n) is 12.2. The molecule has 5 rings (SSSR count). The number of fused-ring (bicyclic) bond motifs is 1. The molecule has 42 heavy (non-hydrogen) atoms. The Balaban J connectivity index is 1.15. The second-order valence-corrected chi connectivity index (χ2v) is 12.2. The van der Waals surface area contributed by atoms with Crippen LogP contribution >= 0.6 is 0 Å². The van der Waals surface area contributed by atoms with Crippen LogP contribution in [0.5, 0.6) is 0 Å². The molecule has 0 spiro atoms. The van der Waals surface area contributed by atoms with E-state index in [-0.39, 0.29) is 41.8 Å². The third kappa shape index (κ3) is 6.02. The van der Waals surface area contributed by atoms with Crippen LogP contribution in [0.15, 0.2) is 36.5 Å². The minimum absolute atomic E-state index is 0.00179. The number of benzene rings is 1. The number of nitrogens with one attached hydrogen (secondary N) is 1. The molecule has 2 aliphatic heterocycles. The smallest absolute Gasteiger partial charge is 0.386 e. The lowest BCUT2D eigenvalue weighted by Gasteiger charge is -2.41. The van der Waals surface area contributed by atoms with E-state index in [4.69, 9.17) is 0 Å². The maximum absolute atomic E-state index is 14.9. The minimum atomic E-state index is -4.57. The molecule has 0 unspecified atom stereocenters. The number of aromatic nitrogens is 1. The summed E-state index contributed by atoms with van der Waals surface area (Å²) in [5.74, 6) is -1.66. The molecule has 0 radical (unpaired) electrons. The van der Waals surface area contributed by atoms with Crippen LogP contribution in [0.4, 0.5) is 17.6 Å². The number of halogens is 4. The average molecular weight is 593 g/mol. The highest BCUT2D eigenvalue weighted by atomic mass is 19.4. The van der Waals surface area contributed by atoms with E-state index >= 15 is 0 Å². The van der Waals surface area contributed by atoms with Gasteiger partial charge in [-0.05, 0) is 76.6 Å². The van der Waals surface area contributed by atoms with Crippen LogP contribution in [0.3, 0.4) is 0 Å². The number of carbonyl (C=O) groups excluding carboxylic acids is 2. The molecule has 0 bridgehead atoms. The summed E-state index contributed by atoms with van der Waals surface area (Å²) >= 11 is 0. The molecular weight excluding hydrogens is 556 g/mol. The van der Waals surface area contributed by atoms with Gasteiger partial charge in [-0.25, -0.2) is 4.39 Å². The number of aliphatic hydroxyl groups is 2. The predicted octanol–water partition coefficient (Wildman–Crippen LogP) is 3.70. The Morgan fingerprint density at radius 2 is 1.74 bits per heavy atom. The molecule has 3 aliphatic rings. The standard InChI is InChI=1S/C30H36F4N4O4/c1-28(2,41)20-15-22(31)26(35-16-20)29(42)10-6-21(7-11-29)37-12-8-24-23(37)9-13-38(24)25(39)17-36-27(40)18-4-3-5-19(14-18)30(32,33)34/h3-5,14-16,21,23-24,41-42H,6-13,17H2,1-2H3,(H,36,40)/t21?,23-,24-,29?/m0/s1. The van der Waals surface area contributed by atoms with Crippen molar-refractivity contribution < 1.29 is 37.4 Å². The third-order valence-corrected chi connectivity index (χ3v) is 9.03. The van der Waals surface area contributed by atoms with Crippen molar-refractivity contribution in [3.63, 3.8) is 0 Å². The highest BCUT2D eigenvalue weighted by molar-refractivity contribution is 5.96. The van der Waals surface area contributed by atoms with Gasteiger partial charge in [-0.3, -0.25) is 19.5 Å². The van der Waals surface area contributed by atoms with Gasteiger partial charge in [0.2, 0.25) is 5.91 Å². The summed E-state index contributed by atoms with van der Waals surface area (Å²) < 4.78 is 53.9. The number of hydrogen-bond acceptors (Lipinski definition) is 6. The van der Waals surface area contributed by atoms with E-state index in [2.05, 4.69) is 15.2 Å². The second kappa shape index (κ2) is 11.2. The Hall–Kier alpha value is -3.09. The molecule has 1 aromatic carbocycles. The first kappa shape index (κ1) is 30.4. The summed E-state index contributed by atoms with van der Waals surface area (Å²) in [6.07, 6.45) is 0.284. The predicted molar refractivity (Wildman–Crippen MR) is 145 cm³/mol. The van der Waals surface area contributed by atoms with Crippen molar-refractivity contribution in [1.82, 2.24) is 20.1 Å². The molecular formula is C30H36F4N4O4. The Bertz CT molecular complexity index is 1340. The van der Waals surface area contributed by atoms with Crippen molar-refractivity contribution in [2.24, 2.45) is 0 Å². The number of alkyl halides is 3. The van der Waals surface area contributed by atoms with E-state index in [0.29, 0.717) is 37.8 Å². The lowest BCUT2D eigenvalue weighted by Crippen LogP contribution is -2.47. The summed E-state index contributed by atoms with van der Waals surface area (Å²) in [5, 5.41) is 23.9. The largest absolute Gasteiger partial charge is 0.416 e. The molecule has 2 aromatic rings. The third-order valence-electron chi connectivity index (χ3n) is 9.03. The zero-order chi connectivity index (χ0) is 30.4. The molecule has 12 heteroatoms. The Morgan fingerprint density at radius 1 is 1.05 bits per heavy atom. The highest BCUT2D eigenvalue weighted by Crippen LogP contribution is 2.42. The molecule has 3 fully saturated rings. The fraction of sp³-hybridized carbons (Fsp3) is 0.567. The topological polar surface area (TPSA) is 106 Å². The van der Waals surface area contributed by atoms with Gasteiger partial charge in [-0.1, -0.05) is 6.07 Å². The van der Waals surface area contributed by atoms with Crippen LogP contribution in [0.25, 0.3) is 0 Å². The van der Waals surface area contributed by atoms with Crippen LogP contribution in [0.2, 0.25) is 0 Å². The van der Waals surface area contributed by atoms with Crippen LogP contribution in [-0.2, 0) is 22.2 Å². The minimum Gasteiger partial charge on any atom is -0.386 e. The molecule has 2 atom stereocenters. The van der Waals surface area contributed by atoms with Gasteiger partial charge in [0.1, 0.15) is 17.1 Å². The maximum Gasteiger partial charge on any atom is 0.416 e. The van der Waals surface area contributed by atoms with Crippen LogP contribution < -0.4 is 5.32 Å².